The van der Waals surface area contributed by atoms with E-state index in [9.17, 15) is 29.4 Å². The maximum Gasteiger partial charge on any atom is 0.342 e. The number of carbonyl (C=O) groups is 4. The van der Waals surface area contributed by atoms with Crippen LogP contribution in [0.3, 0.4) is 0 Å². The zero-order chi connectivity index (χ0) is 34.3. The molecule has 4 aromatic rings. The number of carboxylic acids is 2. The molecule has 0 radical (unpaired) electrons. The van der Waals surface area contributed by atoms with E-state index in [1.54, 1.807) is 0 Å². The van der Waals surface area contributed by atoms with E-state index < -0.39 is 23.8 Å². The van der Waals surface area contributed by atoms with Gasteiger partial charge < -0.3 is 20.0 Å². The van der Waals surface area contributed by atoms with Crippen LogP contribution in [-0.4, -0.2) is 94.6 Å². The molecule has 50 heavy (non-hydrogen) atoms. The molecular weight excluding hydrogens is 673 g/mol. The van der Waals surface area contributed by atoms with Crippen molar-refractivity contribution in [2.24, 2.45) is 9.98 Å². The summed E-state index contributed by atoms with van der Waals surface area (Å²) < 4.78 is 0. The summed E-state index contributed by atoms with van der Waals surface area (Å²) in [6.07, 6.45) is 0. The van der Waals surface area contributed by atoms with Gasteiger partial charge in [0.05, 0.1) is 11.4 Å². The highest BCUT2D eigenvalue weighted by molar-refractivity contribution is 7.99. The summed E-state index contributed by atoms with van der Waals surface area (Å²) in [5, 5.41) is 23.1. The predicted octanol–water partition coefficient (Wildman–Crippen LogP) is 5.15. The highest BCUT2D eigenvalue weighted by atomic mass is 32.2. The molecule has 0 spiro atoms. The third-order valence-corrected chi connectivity index (χ3v) is 11.9. The Labute approximate surface area is 294 Å². The first-order chi connectivity index (χ1) is 24.3. The van der Waals surface area contributed by atoms with Gasteiger partial charge in [0.25, 0.3) is 11.8 Å². The Hall–Kier alpha value is -5.20. The van der Waals surface area contributed by atoms with Crippen molar-refractivity contribution in [1.29, 1.82) is 0 Å². The van der Waals surface area contributed by atoms with Crippen LogP contribution in [0.1, 0.15) is 22.3 Å². The number of benzene rings is 4. The zero-order valence-corrected chi connectivity index (χ0v) is 28.2. The fourth-order valence-corrected chi connectivity index (χ4v) is 9.75. The van der Waals surface area contributed by atoms with Gasteiger partial charge in [0, 0.05) is 104 Å². The number of hydrogen-bond acceptors (Lipinski definition) is 8. The minimum absolute atomic E-state index is 0.213. The van der Waals surface area contributed by atoms with Crippen molar-refractivity contribution in [3.63, 3.8) is 0 Å². The van der Waals surface area contributed by atoms with Gasteiger partial charge in [0.2, 0.25) is 0 Å². The average molecular weight is 701 g/mol. The Morgan fingerprint density at radius 1 is 0.560 bits per heavy atom. The SMILES string of the molecule is O=C(O)C1=C2C(=NC1=O)c1cccc3c(N4CCSCC4)ccc2c13.O=C(O)C1=C2C(=NC1=O)c1cccc3c(N4CCSCC4)ccc2c13. The van der Waals surface area contributed by atoms with E-state index in [0.29, 0.717) is 22.6 Å². The first-order valence-electron chi connectivity index (χ1n) is 16.3. The van der Waals surface area contributed by atoms with Crippen LogP contribution < -0.4 is 9.80 Å². The molecule has 0 saturated carbocycles. The summed E-state index contributed by atoms with van der Waals surface area (Å²) in [6, 6.07) is 19.9. The maximum absolute atomic E-state index is 12.0. The molecule has 0 aromatic heterocycles. The molecule has 0 unspecified atom stereocenters. The number of amides is 2. The van der Waals surface area contributed by atoms with Crippen LogP contribution in [-0.2, 0) is 19.2 Å². The molecule has 2 aliphatic carbocycles. The minimum Gasteiger partial charge on any atom is -0.477 e. The van der Waals surface area contributed by atoms with Gasteiger partial charge in [-0.3, -0.25) is 9.59 Å². The maximum atomic E-state index is 12.0. The second-order valence-electron chi connectivity index (χ2n) is 12.6. The summed E-state index contributed by atoms with van der Waals surface area (Å²) in [5.74, 6) is 0.705. The van der Waals surface area contributed by atoms with E-state index in [4.69, 9.17) is 0 Å². The van der Waals surface area contributed by atoms with Gasteiger partial charge in [-0.1, -0.05) is 48.5 Å². The number of hydrogen-bond donors (Lipinski definition) is 2. The summed E-state index contributed by atoms with van der Waals surface area (Å²) in [6.45, 7) is 4.02. The van der Waals surface area contributed by atoms with Gasteiger partial charge in [-0.2, -0.15) is 23.5 Å². The molecule has 4 aromatic carbocycles. The molecule has 6 aliphatic rings. The largest absolute Gasteiger partial charge is 0.477 e. The number of carboxylic acid groups (broad SMARTS) is 2. The molecule has 248 valence electrons. The first-order valence-corrected chi connectivity index (χ1v) is 18.6. The number of nitrogens with zero attached hydrogens (tertiary/aromatic N) is 4. The zero-order valence-electron chi connectivity index (χ0n) is 26.6. The van der Waals surface area contributed by atoms with Crippen molar-refractivity contribution in [1.82, 2.24) is 0 Å². The Bertz CT molecular complexity index is 2230. The second kappa shape index (κ2) is 11.7. The van der Waals surface area contributed by atoms with Gasteiger partial charge >= 0.3 is 11.9 Å². The fraction of sp³-hybridized carbons (Fsp3) is 0.211. The van der Waals surface area contributed by atoms with Crippen molar-refractivity contribution in [2.75, 3.05) is 59.0 Å². The van der Waals surface area contributed by atoms with E-state index in [2.05, 4.69) is 44.1 Å². The number of thioether (sulfide) groups is 2. The molecule has 4 aliphatic heterocycles. The van der Waals surface area contributed by atoms with Crippen molar-refractivity contribution >= 4 is 103 Å². The third-order valence-electron chi connectivity index (χ3n) is 10.0. The van der Waals surface area contributed by atoms with E-state index in [-0.39, 0.29) is 11.1 Å². The smallest absolute Gasteiger partial charge is 0.342 e. The number of carbonyl (C=O) groups excluding carboxylic acids is 2. The van der Waals surface area contributed by atoms with Crippen LogP contribution in [0.5, 0.6) is 0 Å². The van der Waals surface area contributed by atoms with Crippen molar-refractivity contribution in [3.05, 3.63) is 94.1 Å². The van der Waals surface area contributed by atoms with Gasteiger partial charge in [-0.15, -0.1) is 0 Å². The number of allylic oxidation sites excluding steroid dienone is 2. The molecule has 2 fully saturated rings. The molecule has 2 N–H and O–H groups in total. The van der Waals surface area contributed by atoms with E-state index in [0.717, 1.165) is 93.0 Å². The quantitative estimate of drug-likeness (QED) is 0.275. The fourth-order valence-electron chi connectivity index (χ4n) is 7.94. The summed E-state index contributed by atoms with van der Waals surface area (Å²) in [4.78, 5) is 60.1. The Balaban J connectivity index is 0.000000135. The Morgan fingerprint density at radius 2 is 0.960 bits per heavy atom. The van der Waals surface area contributed by atoms with Crippen LogP contribution in [0.25, 0.3) is 32.7 Å². The molecule has 12 heteroatoms. The van der Waals surface area contributed by atoms with Crippen LogP contribution >= 0.6 is 23.5 Å². The van der Waals surface area contributed by atoms with Gasteiger partial charge in [0.15, 0.2) is 0 Å². The number of anilines is 2. The normalized spacial score (nSPS) is 18.8. The standard InChI is InChI=1S/2C19H14N2O3S/c2*22-18-16(19(23)24)15-11-4-5-13(21-6-8-25-9-7-21)10-2-1-3-12(14(10)11)17(15)20-18/h2*1-5H,6-9H2,(H,23,24). The molecular formula is C38H28N4O6S2. The van der Waals surface area contributed by atoms with E-state index in [1.807, 2.05) is 59.9 Å². The van der Waals surface area contributed by atoms with Crippen LogP contribution in [0, 0.1) is 0 Å². The van der Waals surface area contributed by atoms with Crippen molar-refractivity contribution in [3.8, 4) is 0 Å². The second-order valence-corrected chi connectivity index (χ2v) is 15.0. The van der Waals surface area contributed by atoms with E-state index in [1.165, 1.54) is 11.4 Å². The molecule has 10 nitrogen and oxygen atoms in total. The lowest BCUT2D eigenvalue weighted by molar-refractivity contribution is -0.135. The summed E-state index contributed by atoms with van der Waals surface area (Å²) in [7, 11) is 0. The lowest BCUT2D eigenvalue weighted by atomic mass is 9.99. The topological polar surface area (TPSA) is 140 Å². The summed E-state index contributed by atoms with van der Waals surface area (Å²) >= 11 is 3.93. The molecule has 2 saturated heterocycles. The molecule has 10 rings (SSSR count). The van der Waals surface area contributed by atoms with Crippen molar-refractivity contribution < 1.29 is 29.4 Å². The Kier molecular flexibility index (Phi) is 7.22. The summed E-state index contributed by atoms with van der Waals surface area (Å²) in [5.41, 5.74) is 7.23. The molecule has 2 amide bonds. The number of rotatable bonds is 4. The first kappa shape index (κ1) is 30.8. The molecule has 0 bridgehead atoms. The van der Waals surface area contributed by atoms with Gasteiger partial charge in [0.1, 0.15) is 11.1 Å². The minimum atomic E-state index is -1.21. The monoisotopic (exact) mass is 700 g/mol. The number of aliphatic imine (C=N–C) groups is 2. The lowest BCUT2D eigenvalue weighted by Gasteiger charge is -2.29. The molecule has 0 atom stereocenters. The predicted molar refractivity (Wildman–Crippen MR) is 199 cm³/mol. The van der Waals surface area contributed by atoms with E-state index >= 15 is 0 Å². The highest BCUT2D eigenvalue weighted by Crippen LogP contribution is 2.47. The Morgan fingerprint density at radius 3 is 1.34 bits per heavy atom. The van der Waals surface area contributed by atoms with Gasteiger partial charge in [-0.05, 0) is 23.3 Å². The lowest BCUT2D eigenvalue weighted by Crippen LogP contribution is -2.32. The average Bonchev–Trinajstić information content (AvgIpc) is 3.84. The van der Waals surface area contributed by atoms with Crippen LogP contribution in [0.4, 0.5) is 11.4 Å². The van der Waals surface area contributed by atoms with Crippen LogP contribution in [0.15, 0.2) is 81.8 Å². The number of aliphatic carboxylic acids is 2. The van der Waals surface area contributed by atoms with Crippen molar-refractivity contribution in [2.45, 2.75) is 0 Å². The molecule has 4 heterocycles. The van der Waals surface area contributed by atoms with Gasteiger partial charge in [-0.25, -0.2) is 19.6 Å². The number of fused-ring (bicyclic) bond motifs is 6. The highest BCUT2D eigenvalue weighted by Gasteiger charge is 2.40. The van der Waals surface area contributed by atoms with Crippen LogP contribution in [0.2, 0.25) is 0 Å². The third kappa shape index (κ3) is 4.51.